The van der Waals surface area contributed by atoms with Crippen molar-refractivity contribution in [2.45, 2.75) is 25.0 Å². The maximum Gasteiger partial charge on any atom is 0.276 e. The summed E-state index contributed by atoms with van der Waals surface area (Å²) in [7, 11) is 0. The van der Waals surface area contributed by atoms with E-state index in [0.29, 0.717) is 33.1 Å². The fraction of sp³-hybridized carbons (Fsp3) is 0.308. The Morgan fingerprint density at radius 3 is 2.85 bits per heavy atom. The van der Waals surface area contributed by atoms with E-state index in [-0.39, 0.29) is 5.78 Å². The van der Waals surface area contributed by atoms with Crippen LogP contribution in [0.2, 0.25) is 10.0 Å². The van der Waals surface area contributed by atoms with Gasteiger partial charge in [-0.3, -0.25) is 0 Å². The minimum Gasteiger partial charge on any atom is -0.411 e. The van der Waals surface area contributed by atoms with Gasteiger partial charge in [-0.25, -0.2) is 0 Å². The van der Waals surface area contributed by atoms with Gasteiger partial charge in [-0.15, -0.1) is 10.2 Å². The zero-order valence-electron chi connectivity index (χ0n) is 10.7. The molecule has 0 fully saturated rings. The van der Waals surface area contributed by atoms with Gasteiger partial charge in [0, 0.05) is 17.2 Å². The zero-order valence-corrected chi connectivity index (χ0v) is 13.1. The number of hydrogen-bond acceptors (Lipinski definition) is 5. The first-order chi connectivity index (χ1) is 9.56. The molecule has 1 aromatic carbocycles. The molecule has 0 unspecified atom stereocenters. The van der Waals surface area contributed by atoms with Crippen LogP contribution in [0.25, 0.3) is 11.5 Å². The summed E-state index contributed by atoms with van der Waals surface area (Å²) in [6.07, 6.45) is 1.36. The van der Waals surface area contributed by atoms with Crippen LogP contribution in [0.1, 0.15) is 19.8 Å². The minimum absolute atomic E-state index is 0.185. The van der Waals surface area contributed by atoms with Crippen molar-refractivity contribution in [2.75, 3.05) is 5.75 Å². The number of halogens is 2. The summed E-state index contributed by atoms with van der Waals surface area (Å²) < 4.78 is 5.53. The highest BCUT2D eigenvalue weighted by Crippen LogP contribution is 2.31. The summed E-state index contributed by atoms with van der Waals surface area (Å²) in [6.45, 7) is 1.58. The molecular weight excluding hydrogens is 319 g/mol. The van der Waals surface area contributed by atoms with E-state index in [1.807, 2.05) is 0 Å². The third-order valence-corrected chi connectivity index (χ3v) is 3.92. The number of carbonyl (C=O) groups is 1. The molecule has 2 rings (SSSR count). The van der Waals surface area contributed by atoms with E-state index in [1.54, 1.807) is 25.1 Å². The van der Waals surface area contributed by atoms with Crippen LogP contribution in [-0.2, 0) is 4.79 Å². The van der Waals surface area contributed by atoms with E-state index in [1.165, 1.54) is 11.8 Å². The molecule has 0 saturated heterocycles. The van der Waals surface area contributed by atoms with Crippen LogP contribution in [0.15, 0.2) is 27.8 Å². The van der Waals surface area contributed by atoms with Crippen molar-refractivity contribution in [3.63, 3.8) is 0 Å². The highest BCUT2D eigenvalue weighted by molar-refractivity contribution is 7.99. The van der Waals surface area contributed by atoms with E-state index in [9.17, 15) is 4.79 Å². The van der Waals surface area contributed by atoms with Crippen molar-refractivity contribution in [3.8, 4) is 11.5 Å². The van der Waals surface area contributed by atoms with E-state index in [4.69, 9.17) is 27.6 Å². The second-order valence-corrected chi connectivity index (χ2v) is 6.04. The van der Waals surface area contributed by atoms with Gasteiger partial charge in [0.25, 0.3) is 5.22 Å². The van der Waals surface area contributed by atoms with Crippen LogP contribution in [-0.4, -0.2) is 21.7 Å². The Morgan fingerprint density at radius 2 is 2.15 bits per heavy atom. The molecule has 7 heteroatoms. The fourth-order valence-electron chi connectivity index (χ4n) is 1.52. The molecule has 0 bridgehead atoms. The predicted molar refractivity (Wildman–Crippen MR) is 80.4 cm³/mol. The van der Waals surface area contributed by atoms with Crippen molar-refractivity contribution in [1.82, 2.24) is 10.2 Å². The third kappa shape index (κ3) is 4.23. The van der Waals surface area contributed by atoms with Gasteiger partial charge in [-0.05, 0) is 31.5 Å². The average Bonchev–Trinajstić information content (AvgIpc) is 2.83. The SMILES string of the molecule is CC(=O)CCCSc1nnc(-c2ccc(Cl)cc2Cl)o1. The smallest absolute Gasteiger partial charge is 0.276 e. The van der Waals surface area contributed by atoms with Crippen LogP contribution >= 0.6 is 35.0 Å². The lowest BCUT2D eigenvalue weighted by Gasteiger charge is -1.99. The topological polar surface area (TPSA) is 56.0 Å². The number of thioether (sulfide) groups is 1. The Hall–Kier alpha value is -1.04. The molecule has 0 aliphatic rings. The lowest BCUT2D eigenvalue weighted by molar-refractivity contribution is -0.117. The maximum absolute atomic E-state index is 10.8. The van der Waals surface area contributed by atoms with Gasteiger partial charge in [0.15, 0.2) is 0 Å². The number of Topliss-reactive ketones (excluding diaryl/α,β-unsaturated/α-hetero) is 1. The molecule has 0 aliphatic heterocycles. The van der Waals surface area contributed by atoms with Crippen molar-refractivity contribution in [2.24, 2.45) is 0 Å². The lowest BCUT2D eigenvalue weighted by atomic mass is 10.2. The van der Waals surface area contributed by atoms with Gasteiger partial charge >= 0.3 is 0 Å². The molecule has 0 saturated carbocycles. The fourth-order valence-corrected chi connectivity index (χ4v) is 2.71. The predicted octanol–water partition coefficient (Wildman–Crippen LogP) is 4.50. The first kappa shape index (κ1) is 15.4. The summed E-state index contributed by atoms with van der Waals surface area (Å²) in [6, 6.07) is 5.08. The average molecular weight is 331 g/mol. The third-order valence-electron chi connectivity index (χ3n) is 2.47. The first-order valence-electron chi connectivity index (χ1n) is 5.97. The van der Waals surface area contributed by atoms with Crippen molar-refractivity contribution >= 4 is 40.7 Å². The maximum atomic E-state index is 10.8. The highest BCUT2D eigenvalue weighted by Gasteiger charge is 2.12. The van der Waals surface area contributed by atoms with Gasteiger partial charge in [0.2, 0.25) is 5.89 Å². The lowest BCUT2D eigenvalue weighted by Crippen LogP contribution is -1.90. The Kier molecular flexibility index (Phi) is 5.46. The van der Waals surface area contributed by atoms with Gasteiger partial charge in [-0.2, -0.15) is 0 Å². The molecule has 20 heavy (non-hydrogen) atoms. The number of benzene rings is 1. The molecule has 0 radical (unpaired) electrons. The van der Waals surface area contributed by atoms with Crippen LogP contribution < -0.4 is 0 Å². The highest BCUT2D eigenvalue weighted by atomic mass is 35.5. The van der Waals surface area contributed by atoms with Gasteiger partial charge < -0.3 is 9.21 Å². The number of carbonyl (C=O) groups excluding carboxylic acids is 1. The number of nitrogens with zero attached hydrogens (tertiary/aromatic N) is 2. The van der Waals surface area contributed by atoms with Crippen molar-refractivity contribution in [1.29, 1.82) is 0 Å². The number of ketones is 1. The molecule has 106 valence electrons. The van der Waals surface area contributed by atoms with Gasteiger partial charge in [0.1, 0.15) is 5.78 Å². The summed E-state index contributed by atoms with van der Waals surface area (Å²) >= 11 is 13.3. The van der Waals surface area contributed by atoms with Crippen molar-refractivity contribution in [3.05, 3.63) is 28.2 Å². The summed E-state index contributed by atoms with van der Waals surface area (Å²) in [5, 5.41) is 9.39. The molecule has 0 atom stereocenters. The standard InChI is InChI=1S/C13H12Cl2N2O2S/c1-8(18)3-2-6-20-13-17-16-12(19-13)10-5-4-9(14)7-11(10)15/h4-5,7H,2-3,6H2,1H3. The van der Waals surface area contributed by atoms with Gasteiger partial charge in [0.05, 0.1) is 10.6 Å². The van der Waals surface area contributed by atoms with Crippen LogP contribution in [0, 0.1) is 0 Å². The van der Waals surface area contributed by atoms with Crippen molar-refractivity contribution < 1.29 is 9.21 Å². The summed E-state index contributed by atoms with van der Waals surface area (Å²) in [4.78, 5) is 10.8. The van der Waals surface area contributed by atoms with Gasteiger partial charge in [-0.1, -0.05) is 35.0 Å². The minimum atomic E-state index is 0.185. The summed E-state index contributed by atoms with van der Waals surface area (Å²) in [5.41, 5.74) is 0.652. The number of hydrogen-bond donors (Lipinski definition) is 0. The Bertz CT molecular complexity index is 616. The second-order valence-electron chi connectivity index (χ2n) is 4.15. The van der Waals surface area contributed by atoms with E-state index >= 15 is 0 Å². The summed E-state index contributed by atoms with van der Waals surface area (Å²) in [5.74, 6) is 1.31. The van der Waals surface area contributed by atoms with Crippen LogP contribution in [0.5, 0.6) is 0 Å². The molecule has 1 aromatic heterocycles. The monoisotopic (exact) mass is 330 g/mol. The second kappa shape index (κ2) is 7.11. The Morgan fingerprint density at radius 1 is 1.35 bits per heavy atom. The normalized spacial score (nSPS) is 10.8. The molecule has 0 spiro atoms. The zero-order chi connectivity index (χ0) is 14.5. The number of rotatable bonds is 6. The van der Waals surface area contributed by atoms with E-state index in [0.717, 1.165) is 12.2 Å². The molecule has 0 aliphatic carbocycles. The van der Waals surface area contributed by atoms with Crippen LogP contribution in [0.4, 0.5) is 0 Å². The molecule has 2 aromatic rings. The quantitative estimate of drug-likeness (QED) is 0.576. The number of aromatic nitrogens is 2. The van der Waals surface area contributed by atoms with E-state index < -0.39 is 0 Å². The molecule has 0 N–H and O–H groups in total. The first-order valence-corrected chi connectivity index (χ1v) is 7.71. The molecule has 0 amide bonds. The Balaban J connectivity index is 1.99. The molecular formula is C13H12Cl2N2O2S. The van der Waals surface area contributed by atoms with E-state index in [2.05, 4.69) is 10.2 Å². The molecule has 4 nitrogen and oxygen atoms in total. The Labute approximate surface area is 130 Å². The van der Waals surface area contributed by atoms with Crippen LogP contribution in [0.3, 0.4) is 0 Å². The molecule has 1 heterocycles. The largest absolute Gasteiger partial charge is 0.411 e.